The van der Waals surface area contributed by atoms with Crippen LogP contribution < -0.4 is 5.73 Å². The fourth-order valence-corrected chi connectivity index (χ4v) is 3.57. The minimum atomic E-state index is -3.50. The van der Waals surface area contributed by atoms with Crippen LogP contribution in [0.25, 0.3) is 0 Å². The molecule has 0 aliphatic carbocycles. The number of carbonyl (C=O) groups excluding carboxylic acids is 1. The number of primary amides is 1. The number of halogens is 1. The molecule has 2 fully saturated rings. The Bertz CT molecular complexity index is 672. The van der Waals surface area contributed by atoms with Crippen LogP contribution in [0.3, 0.4) is 0 Å². The van der Waals surface area contributed by atoms with Gasteiger partial charge in [0.15, 0.2) is 9.84 Å². The van der Waals surface area contributed by atoms with Crippen molar-refractivity contribution in [3.63, 3.8) is 0 Å². The van der Waals surface area contributed by atoms with E-state index in [4.69, 9.17) is 10.5 Å². The highest BCUT2D eigenvalue weighted by atomic mass is 35.5. The SMILES string of the molecule is C=CS(=O)(=O)c1cccc(C(N)=O)c1.CC1CC2CCC1O2.Cl. The van der Waals surface area contributed by atoms with Crippen LogP contribution in [0, 0.1) is 5.92 Å². The summed E-state index contributed by atoms with van der Waals surface area (Å²) in [6.45, 7) is 5.47. The van der Waals surface area contributed by atoms with E-state index in [1.807, 2.05) is 0 Å². The monoisotopic (exact) mass is 359 g/mol. The van der Waals surface area contributed by atoms with Gasteiger partial charge in [0.25, 0.3) is 0 Å². The van der Waals surface area contributed by atoms with E-state index in [1.54, 1.807) is 0 Å². The second kappa shape index (κ2) is 7.95. The lowest BCUT2D eigenvalue weighted by Crippen LogP contribution is -2.11. The first-order valence-electron chi connectivity index (χ1n) is 7.26. The molecule has 0 spiro atoms. The highest BCUT2D eigenvalue weighted by molar-refractivity contribution is 7.94. The van der Waals surface area contributed by atoms with Crippen LogP contribution in [-0.4, -0.2) is 26.5 Å². The van der Waals surface area contributed by atoms with Gasteiger partial charge in [-0.25, -0.2) is 8.42 Å². The van der Waals surface area contributed by atoms with Crippen molar-refractivity contribution >= 4 is 28.2 Å². The van der Waals surface area contributed by atoms with E-state index < -0.39 is 15.7 Å². The molecule has 2 bridgehead atoms. The van der Waals surface area contributed by atoms with Crippen LogP contribution in [0.5, 0.6) is 0 Å². The van der Waals surface area contributed by atoms with Crippen molar-refractivity contribution in [3.05, 3.63) is 41.8 Å². The Kier molecular flexibility index (Phi) is 6.80. The molecule has 3 rings (SSSR count). The topological polar surface area (TPSA) is 86.5 Å². The molecule has 0 saturated carbocycles. The maximum Gasteiger partial charge on any atom is 0.248 e. The van der Waals surface area contributed by atoms with Gasteiger partial charge >= 0.3 is 0 Å². The zero-order chi connectivity index (χ0) is 16.3. The third-order valence-corrected chi connectivity index (χ3v) is 5.43. The molecule has 3 atom stereocenters. The third-order valence-electron chi connectivity index (χ3n) is 4.08. The van der Waals surface area contributed by atoms with E-state index in [-0.39, 0.29) is 22.9 Å². The smallest absolute Gasteiger partial charge is 0.248 e. The predicted molar refractivity (Wildman–Crippen MR) is 91.3 cm³/mol. The van der Waals surface area contributed by atoms with Gasteiger partial charge in [0.05, 0.1) is 17.1 Å². The van der Waals surface area contributed by atoms with Crippen LogP contribution >= 0.6 is 12.4 Å². The molecule has 1 aromatic carbocycles. The number of benzene rings is 1. The van der Waals surface area contributed by atoms with Crippen molar-refractivity contribution in [3.8, 4) is 0 Å². The molecule has 2 heterocycles. The fraction of sp³-hybridized carbons (Fsp3) is 0.438. The summed E-state index contributed by atoms with van der Waals surface area (Å²) in [6.07, 6.45) is 5.26. The van der Waals surface area contributed by atoms with E-state index in [9.17, 15) is 13.2 Å². The van der Waals surface area contributed by atoms with Crippen molar-refractivity contribution in [2.75, 3.05) is 0 Å². The molecule has 2 aliphatic rings. The van der Waals surface area contributed by atoms with Crippen LogP contribution in [0.4, 0.5) is 0 Å². The first-order valence-corrected chi connectivity index (χ1v) is 8.81. The van der Waals surface area contributed by atoms with Crippen molar-refractivity contribution < 1.29 is 17.9 Å². The van der Waals surface area contributed by atoms with Crippen LogP contribution in [0.2, 0.25) is 0 Å². The molecule has 5 nitrogen and oxygen atoms in total. The summed E-state index contributed by atoms with van der Waals surface area (Å²) >= 11 is 0. The van der Waals surface area contributed by atoms with Gasteiger partial charge < -0.3 is 10.5 Å². The number of sulfone groups is 1. The molecule has 0 radical (unpaired) electrons. The minimum Gasteiger partial charge on any atom is -0.375 e. The second-order valence-electron chi connectivity index (χ2n) is 5.69. The largest absolute Gasteiger partial charge is 0.375 e. The lowest BCUT2D eigenvalue weighted by Gasteiger charge is -2.11. The first-order chi connectivity index (χ1) is 10.3. The molecule has 7 heteroatoms. The predicted octanol–water partition coefficient (Wildman–Crippen LogP) is 2.70. The average Bonchev–Trinajstić information content (AvgIpc) is 3.10. The van der Waals surface area contributed by atoms with E-state index >= 15 is 0 Å². The molecule has 2 saturated heterocycles. The standard InChI is InChI=1S/C9H9NO3S.C7H12O.ClH/c1-2-14(12,13)8-5-3-4-7(6-8)9(10)11;1-5-4-6-2-3-7(5)8-6;/h2-6H,1H2,(H2,10,11);5-7H,2-4H2,1H3;1H. The normalized spacial score (nSPS) is 25.0. The van der Waals surface area contributed by atoms with E-state index in [1.165, 1.54) is 43.5 Å². The first kappa shape index (κ1) is 19.7. The molecule has 1 aromatic rings. The molecular weight excluding hydrogens is 338 g/mol. The second-order valence-corrected chi connectivity index (χ2v) is 7.59. The maximum atomic E-state index is 11.3. The van der Waals surface area contributed by atoms with Crippen molar-refractivity contribution in [2.45, 2.75) is 43.3 Å². The molecule has 2 N–H and O–H groups in total. The van der Waals surface area contributed by atoms with Gasteiger partial charge in [-0.1, -0.05) is 19.6 Å². The fourth-order valence-electron chi connectivity index (χ4n) is 2.81. The van der Waals surface area contributed by atoms with Gasteiger partial charge in [0, 0.05) is 11.0 Å². The molecule has 2 aliphatic heterocycles. The van der Waals surface area contributed by atoms with Gasteiger partial charge in [-0.05, 0) is 43.4 Å². The molecule has 128 valence electrons. The third kappa shape index (κ3) is 4.80. The Balaban J connectivity index is 0.000000248. The Morgan fingerprint density at radius 1 is 1.39 bits per heavy atom. The van der Waals surface area contributed by atoms with E-state index in [2.05, 4.69) is 13.5 Å². The minimum absolute atomic E-state index is 0. The lowest BCUT2D eigenvalue weighted by molar-refractivity contribution is 0.0948. The Labute approximate surface area is 143 Å². The van der Waals surface area contributed by atoms with E-state index in [0.717, 1.165) is 11.3 Å². The van der Waals surface area contributed by atoms with Gasteiger partial charge in [-0.2, -0.15) is 0 Å². The maximum absolute atomic E-state index is 11.3. The molecule has 0 aromatic heterocycles. The number of rotatable bonds is 3. The summed E-state index contributed by atoms with van der Waals surface area (Å²) < 4.78 is 28.2. The van der Waals surface area contributed by atoms with Crippen LogP contribution in [0.1, 0.15) is 36.5 Å². The highest BCUT2D eigenvalue weighted by Crippen LogP contribution is 2.37. The van der Waals surface area contributed by atoms with Gasteiger partial charge in [-0.3, -0.25) is 4.79 Å². The number of carbonyl (C=O) groups is 1. The van der Waals surface area contributed by atoms with Gasteiger partial charge in [0.1, 0.15) is 0 Å². The van der Waals surface area contributed by atoms with Crippen molar-refractivity contribution in [2.24, 2.45) is 11.7 Å². The molecule has 3 unspecified atom stereocenters. The summed E-state index contributed by atoms with van der Waals surface area (Å²) in [5.74, 6) is 0.194. The zero-order valence-corrected chi connectivity index (χ0v) is 14.6. The number of hydrogen-bond acceptors (Lipinski definition) is 4. The number of ether oxygens (including phenoxy) is 1. The van der Waals surface area contributed by atoms with Crippen molar-refractivity contribution in [1.29, 1.82) is 0 Å². The molecular formula is C16H22ClNO4S. The summed E-state index contributed by atoms with van der Waals surface area (Å²) in [5, 5.41) is 0.826. The zero-order valence-electron chi connectivity index (χ0n) is 13.0. The Morgan fingerprint density at radius 2 is 2.09 bits per heavy atom. The Hall–Kier alpha value is -1.37. The lowest BCUT2D eigenvalue weighted by atomic mass is 9.91. The average molecular weight is 360 g/mol. The molecule has 23 heavy (non-hydrogen) atoms. The number of nitrogens with two attached hydrogens (primary N) is 1. The van der Waals surface area contributed by atoms with Crippen LogP contribution in [0.15, 0.2) is 41.1 Å². The van der Waals surface area contributed by atoms with Crippen molar-refractivity contribution in [1.82, 2.24) is 0 Å². The van der Waals surface area contributed by atoms with Gasteiger partial charge in [-0.15, -0.1) is 12.4 Å². The highest BCUT2D eigenvalue weighted by Gasteiger charge is 2.37. The van der Waals surface area contributed by atoms with E-state index in [0.29, 0.717) is 12.2 Å². The summed E-state index contributed by atoms with van der Waals surface area (Å²) in [6, 6.07) is 5.50. The van der Waals surface area contributed by atoms with Gasteiger partial charge in [0.2, 0.25) is 5.91 Å². The summed E-state index contributed by atoms with van der Waals surface area (Å²) in [4.78, 5) is 10.8. The summed E-state index contributed by atoms with van der Waals surface area (Å²) in [7, 11) is -3.50. The van der Waals surface area contributed by atoms with Crippen LogP contribution in [-0.2, 0) is 14.6 Å². The number of amides is 1. The number of fused-ring (bicyclic) bond motifs is 2. The molecule has 1 amide bonds. The quantitative estimate of drug-likeness (QED) is 0.898. The number of hydrogen-bond donors (Lipinski definition) is 1. The summed E-state index contributed by atoms with van der Waals surface area (Å²) in [5.41, 5.74) is 5.17. The Morgan fingerprint density at radius 3 is 2.48 bits per heavy atom.